The molecule has 0 radical (unpaired) electrons. The Morgan fingerprint density at radius 3 is 2.43 bits per heavy atom. The van der Waals surface area contributed by atoms with Gasteiger partial charge >= 0.3 is 0 Å². The molecular weight excluding hydrogens is 538 g/mol. The molecule has 4 heterocycles. The van der Waals surface area contributed by atoms with Gasteiger partial charge < -0.3 is 0 Å². The van der Waals surface area contributed by atoms with Crippen LogP contribution < -0.4 is 9.13 Å². The smallest absolute Gasteiger partial charge is 0.258 e. The molecule has 3 aromatic heterocycles. The molecule has 1 aliphatic heterocycles. The van der Waals surface area contributed by atoms with Crippen LogP contribution in [0.1, 0.15) is 96.5 Å². The maximum atomic E-state index is 5.25. The third-order valence-corrected chi connectivity index (χ3v) is 10.1. The lowest BCUT2D eigenvalue weighted by molar-refractivity contribution is -0.727. The van der Waals surface area contributed by atoms with E-state index in [1.54, 1.807) is 0 Å². The summed E-state index contributed by atoms with van der Waals surface area (Å²) in [5.74, 6) is 0. The van der Waals surface area contributed by atoms with E-state index in [1.807, 2.05) is 0 Å². The normalized spacial score (nSPS) is 15.8. The zero-order chi connectivity index (χ0) is 31.1. The van der Waals surface area contributed by atoms with Crippen LogP contribution in [0, 0.1) is 0 Å². The number of nitrogens with zero attached hydrogens (tertiary/aromatic N) is 5. The highest BCUT2D eigenvalue weighted by Crippen LogP contribution is 2.49. The van der Waals surface area contributed by atoms with Crippen LogP contribution in [0.5, 0.6) is 0 Å². The zero-order valence-electron chi connectivity index (χ0n) is 27.8. The number of rotatable bonds is 9. The maximum Gasteiger partial charge on any atom is 0.287 e. The molecule has 6 rings (SSSR count). The molecule has 0 saturated heterocycles. The first-order chi connectivity index (χ1) is 21.2. The molecule has 228 valence electrons. The average Bonchev–Trinajstić information content (AvgIpc) is 3.47. The van der Waals surface area contributed by atoms with Crippen LogP contribution in [-0.2, 0) is 30.8 Å². The lowest BCUT2D eigenvalue weighted by Crippen LogP contribution is -2.56. The van der Waals surface area contributed by atoms with Crippen molar-refractivity contribution >= 4 is 10.9 Å². The molecule has 5 nitrogen and oxygen atoms in total. The molecule has 0 saturated carbocycles. The van der Waals surface area contributed by atoms with E-state index in [0.717, 1.165) is 43.4 Å². The second-order valence-corrected chi connectivity index (χ2v) is 13.8. The van der Waals surface area contributed by atoms with Gasteiger partial charge in [0.15, 0.2) is 11.7 Å². The van der Waals surface area contributed by atoms with Crippen LogP contribution in [0.2, 0.25) is 0 Å². The molecule has 5 aromatic rings. The quantitative estimate of drug-likeness (QED) is 0.163. The summed E-state index contributed by atoms with van der Waals surface area (Å²) in [5, 5.41) is 6.49. The van der Waals surface area contributed by atoms with Crippen LogP contribution >= 0.6 is 0 Å². The van der Waals surface area contributed by atoms with Gasteiger partial charge in [0.1, 0.15) is 24.5 Å². The van der Waals surface area contributed by atoms with E-state index in [4.69, 9.17) is 10.1 Å². The molecule has 0 spiro atoms. The van der Waals surface area contributed by atoms with E-state index in [2.05, 4.69) is 142 Å². The molecule has 1 aliphatic rings. The number of unbranched alkanes of at least 4 members (excludes halogenated alkanes) is 1. The highest BCUT2D eigenvalue weighted by atomic mass is 15.3. The van der Waals surface area contributed by atoms with Crippen LogP contribution in [0.15, 0.2) is 79.3 Å². The Bertz CT molecular complexity index is 1790. The van der Waals surface area contributed by atoms with Gasteiger partial charge in [-0.05, 0) is 66.1 Å². The fourth-order valence-electron chi connectivity index (χ4n) is 7.54. The van der Waals surface area contributed by atoms with E-state index in [9.17, 15) is 0 Å². The first-order valence-electron chi connectivity index (χ1n) is 16.7. The monoisotopic (exact) mass is 587 g/mol. The Morgan fingerprint density at radius 2 is 1.70 bits per heavy atom. The summed E-state index contributed by atoms with van der Waals surface area (Å²) in [6.07, 6.45) is 10.9. The minimum atomic E-state index is -0.0338. The number of hydrogen-bond acceptors (Lipinski definition) is 2. The minimum absolute atomic E-state index is 0.00225. The molecule has 0 aliphatic carbocycles. The molecule has 0 fully saturated rings. The number of benzene rings is 2. The van der Waals surface area contributed by atoms with Gasteiger partial charge in [-0.15, -0.1) is 0 Å². The largest absolute Gasteiger partial charge is 0.287 e. The van der Waals surface area contributed by atoms with E-state index in [0.29, 0.717) is 0 Å². The fourth-order valence-corrected chi connectivity index (χ4v) is 7.54. The lowest BCUT2D eigenvalue weighted by atomic mass is 9.65. The van der Waals surface area contributed by atoms with Gasteiger partial charge in [0.25, 0.3) is 6.33 Å². The molecule has 0 bridgehead atoms. The van der Waals surface area contributed by atoms with E-state index in [1.165, 1.54) is 52.0 Å². The Morgan fingerprint density at radius 1 is 0.932 bits per heavy atom. The number of pyridine rings is 1. The Labute approximate surface area is 263 Å². The molecule has 0 N–H and O–H groups in total. The van der Waals surface area contributed by atoms with Gasteiger partial charge in [-0.2, -0.15) is 9.67 Å². The summed E-state index contributed by atoms with van der Waals surface area (Å²) in [6.45, 7) is 14.6. The van der Waals surface area contributed by atoms with E-state index >= 15 is 0 Å². The summed E-state index contributed by atoms with van der Waals surface area (Å²) >= 11 is 0. The van der Waals surface area contributed by atoms with Crippen molar-refractivity contribution in [3.63, 3.8) is 0 Å². The topological polar surface area (TPSA) is 38.5 Å². The van der Waals surface area contributed by atoms with Gasteiger partial charge in [-0.25, -0.2) is 4.57 Å². The molecule has 0 amide bonds. The predicted molar refractivity (Wildman–Crippen MR) is 179 cm³/mol. The first-order valence-corrected chi connectivity index (χ1v) is 16.7. The van der Waals surface area contributed by atoms with Gasteiger partial charge in [0, 0.05) is 41.5 Å². The average molecular weight is 588 g/mol. The SMILES string of the molecule is CCCCc1ccc2c3[n+](cnc2c1)C(CCn1nc(C(C)(C)C)cc1-c1cccc[n+]1C)C(CC)(CC)c1ccccc1-3. The molecule has 2 aromatic carbocycles. The Kier molecular flexibility index (Phi) is 8.17. The van der Waals surface area contributed by atoms with Crippen molar-refractivity contribution in [3.8, 4) is 22.6 Å². The van der Waals surface area contributed by atoms with Crippen molar-refractivity contribution in [2.75, 3.05) is 0 Å². The maximum absolute atomic E-state index is 5.25. The molecule has 44 heavy (non-hydrogen) atoms. The van der Waals surface area contributed by atoms with Crippen LogP contribution in [-0.4, -0.2) is 14.8 Å². The third kappa shape index (κ3) is 5.14. The van der Waals surface area contributed by atoms with E-state index < -0.39 is 0 Å². The summed E-state index contributed by atoms with van der Waals surface area (Å²) in [5.41, 5.74) is 10.1. The summed E-state index contributed by atoms with van der Waals surface area (Å²) in [4.78, 5) is 5.13. The highest BCUT2D eigenvalue weighted by Gasteiger charge is 2.48. The van der Waals surface area contributed by atoms with Crippen LogP contribution in [0.3, 0.4) is 0 Å². The standard InChI is InChI=1S/C39H49N5/c1-8-11-16-28-20-21-30-32(25-28)40-27-43-36(39(9-2,10-3)31-18-13-12-17-29(31)37(30)43)22-24-44-34(26-35(41-44)38(4,5)6)33-19-14-15-23-42(33)7/h12-15,17-21,23,25-27,36H,8-11,16,22,24H2,1-7H3/q+2. The molecular formula is C39H49N5+2. The second-order valence-electron chi connectivity index (χ2n) is 13.8. The van der Waals surface area contributed by atoms with Crippen molar-refractivity contribution in [2.24, 2.45) is 7.05 Å². The van der Waals surface area contributed by atoms with Gasteiger partial charge in [-0.3, -0.25) is 4.68 Å². The number of hydrogen-bond donors (Lipinski definition) is 0. The van der Waals surface area contributed by atoms with Crippen molar-refractivity contribution in [1.29, 1.82) is 0 Å². The zero-order valence-corrected chi connectivity index (χ0v) is 27.8. The Balaban J connectivity index is 1.49. The molecule has 5 heteroatoms. The molecule has 1 atom stereocenters. The van der Waals surface area contributed by atoms with E-state index in [-0.39, 0.29) is 16.9 Å². The van der Waals surface area contributed by atoms with Crippen LogP contribution in [0.4, 0.5) is 0 Å². The summed E-state index contributed by atoms with van der Waals surface area (Å²) < 4.78 is 7.00. The number of aryl methyl sites for hydroxylation is 3. The van der Waals surface area contributed by atoms with Crippen molar-refractivity contribution < 1.29 is 9.13 Å². The first kappa shape index (κ1) is 30.2. The highest BCUT2D eigenvalue weighted by molar-refractivity contribution is 5.92. The lowest BCUT2D eigenvalue weighted by Gasteiger charge is -2.43. The summed E-state index contributed by atoms with van der Waals surface area (Å²) in [7, 11) is 2.12. The third-order valence-electron chi connectivity index (χ3n) is 10.1. The number of fused-ring (bicyclic) bond motifs is 5. The second kappa shape index (κ2) is 11.9. The number of aromatic nitrogens is 5. The fraction of sp³-hybridized carbons (Fsp3) is 0.436. The molecule has 1 unspecified atom stereocenters. The predicted octanol–water partition coefficient (Wildman–Crippen LogP) is 8.22. The van der Waals surface area contributed by atoms with Crippen LogP contribution in [0.25, 0.3) is 33.5 Å². The van der Waals surface area contributed by atoms with Gasteiger partial charge in [-0.1, -0.05) is 78.3 Å². The van der Waals surface area contributed by atoms with Crippen molar-refractivity contribution in [3.05, 3.63) is 96.1 Å². The van der Waals surface area contributed by atoms with Crippen molar-refractivity contribution in [1.82, 2.24) is 14.8 Å². The minimum Gasteiger partial charge on any atom is -0.258 e. The summed E-state index contributed by atoms with van der Waals surface area (Å²) in [6, 6.07) is 25.1. The van der Waals surface area contributed by atoms with Gasteiger partial charge in [0.05, 0.1) is 11.1 Å². The van der Waals surface area contributed by atoms with Crippen molar-refractivity contribution in [2.45, 2.75) is 103 Å². The Hall–Kier alpha value is -3.86. The van der Waals surface area contributed by atoms with Gasteiger partial charge in [0.2, 0.25) is 5.69 Å².